The molecule has 1 aliphatic carbocycles. The number of primary amides is 1. The number of hydrogen-bond acceptors (Lipinski definition) is 10. The number of anilines is 2. The number of H-pyrrole nitrogens is 1. The molecule has 4 aromatic rings. The van der Waals surface area contributed by atoms with Gasteiger partial charge in [-0.2, -0.15) is 0 Å². The van der Waals surface area contributed by atoms with Crippen LogP contribution in [0.1, 0.15) is 43.0 Å². The summed E-state index contributed by atoms with van der Waals surface area (Å²) in [6.45, 7) is 4.26. The van der Waals surface area contributed by atoms with E-state index in [4.69, 9.17) is 19.9 Å². The summed E-state index contributed by atoms with van der Waals surface area (Å²) < 4.78 is 47.7. The third-order valence-electron chi connectivity index (χ3n) is 8.78. The summed E-state index contributed by atoms with van der Waals surface area (Å²) in [6, 6.07) is 7.00. The van der Waals surface area contributed by atoms with Crippen molar-refractivity contribution >= 4 is 38.5 Å². The zero-order valence-electron chi connectivity index (χ0n) is 27.1. The molecule has 48 heavy (non-hydrogen) atoms. The first-order valence-electron chi connectivity index (χ1n) is 16.2. The van der Waals surface area contributed by atoms with Crippen LogP contribution in [-0.2, 0) is 26.5 Å². The Morgan fingerprint density at radius 3 is 2.54 bits per heavy atom. The molecule has 0 radical (unpaired) electrons. The van der Waals surface area contributed by atoms with Crippen molar-refractivity contribution in [2.45, 2.75) is 44.8 Å². The fourth-order valence-corrected chi connectivity index (χ4v) is 6.50. The lowest BCUT2D eigenvalue weighted by Crippen LogP contribution is -2.38. The second-order valence-electron chi connectivity index (χ2n) is 12.2. The van der Waals surface area contributed by atoms with Crippen molar-refractivity contribution < 1.29 is 27.4 Å². The van der Waals surface area contributed by atoms with Crippen LogP contribution < -0.4 is 25.7 Å². The summed E-state index contributed by atoms with van der Waals surface area (Å²) in [4.78, 5) is 37.6. The highest BCUT2D eigenvalue weighted by Gasteiger charge is 2.33. The molecule has 0 bridgehead atoms. The van der Waals surface area contributed by atoms with E-state index in [-0.39, 0.29) is 29.1 Å². The summed E-state index contributed by atoms with van der Waals surface area (Å²) in [6.07, 6.45) is 10.1. The second kappa shape index (κ2) is 14.3. The van der Waals surface area contributed by atoms with Gasteiger partial charge in [-0.25, -0.2) is 18.4 Å². The van der Waals surface area contributed by atoms with Crippen molar-refractivity contribution in [3.63, 3.8) is 0 Å². The third-order valence-corrected chi connectivity index (χ3v) is 10.1. The van der Waals surface area contributed by atoms with Crippen molar-refractivity contribution in [1.82, 2.24) is 19.5 Å². The molecule has 4 heterocycles. The van der Waals surface area contributed by atoms with Crippen LogP contribution in [-0.4, -0.2) is 84.7 Å². The average Bonchev–Trinajstić information content (AvgIpc) is 3.81. The smallest absolute Gasteiger partial charge is 0.274 e. The zero-order valence-corrected chi connectivity index (χ0v) is 27.9. The number of rotatable bonds is 15. The molecule has 1 amide bonds. The monoisotopic (exact) mass is 679 g/mol. The molecule has 2 fully saturated rings. The van der Waals surface area contributed by atoms with Gasteiger partial charge in [0.2, 0.25) is 16.0 Å². The number of nitrogens with zero attached hydrogens (tertiary/aromatic N) is 4. The number of nitrogens with one attached hydrogen (secondary N) is 2. The molecule has 14 nitrogen and oxygen atoms in total. The minimum absolute atomic E-state index is 0.0607. The van der Waals surface area contributed by atoms with E-state index in [2.05, 4.69) is 24.6 Å². The first-order valence-corrected chi connectivity index (χ1v) is 17.8. The number of sulfonamides is 1. The Kier molecular flexibility index (Phi) is 9.99. The summed E-state index contributed by atoms with van der Waals surface area (Å²) in [7, 11) is -1.83. The maximum absolute atomic E-state index is 12.7. The number of carbonyl (C=O) groups excluding carboxylic acids is 1. The molecule has 15 heteroatoms. The van der Waals surface area contributed by atoms with Crippen molar-refractivity contribution in [3.8, 4) is 16.9 Å². The highest BCUT2D eigenvalue weighted by atomic mass is 32.2. The van der Waals surface area contributed by atoms with Crippen LogP contribution >= 0.6 is 0 Å². The van der Waals surface area contributed by atoms with Gasteiger partial charge in [-0.05, 0) is 62.8 Å². The molecule has 256 valence electrons. The van der Waals surface area contributed by atoms with E-state index in [0.29, 0.717) is 59.6 Å². The second-order valence-corrected chi connectivity index (χ2v) is 14.2. The van der Waals surface area contributed by atoms with E-state index in [1.165, 1.54) is 17.0 Å². The molecule has 1 saturated carbocycles. The predicted molar refractivity (Wildman–Crippen MR) is 182 cm³/mol. The van der Waals surface area contributed by atoms with Crippen LogP contribution in [0.2, 0.25) is 0 Å². The first-order chi connectivity index (χ1) is 23.1. The zero-order chi connectivity index (χ0) is 33.8. The summed E-state index contributed by atoms with van der Waals surface area (Å²) in [5.74, 6) is 0.907. The van der Waals surface area contributed by atoms with Gasteiger partial charge in [0.05, 0.1) is 36.7 Å². The number of aromatic nitrogens is 4. The number of nitrogens with two attached hydrogens (primary N) is 1. The summed E-state index contributed by atoms with van der Waals surface area (Å²) in [5.41, 5.74) is 7.65. The molecular weight excluding hydrogens is 638 g/mol. The Hall–Kier alpha value is -4.47. The van der Waals surface area contributed by atoms with E-state index in [1.807, 2.05) is 6.07 Å². The van der Waals surface area contributed by atoms with Gasteiger partial charge in [0.25, 0.3) is 11.5 Å². The van der Waals surface area contributed by atoms with Crippen LogP contribution in [0.25, 0.3) is 22.0 Å². The largest absolute Gasteiger partial charge is 0.490 e. The molecular formula is C33H41N7O7S. The SMILES string of the molecule is CCS(=O)(=O)Nc1ccc(OCC(OCCOC2CCN(c3ncc(C(N)=O)cn3)CC2)C2CC2)c(-c2cn(C)c(=O)c3[nH]ccc23)c1. The van der Waals surface area contributed by atoms with Crippen LogP contribution in [0.5, 0.6) is 5.75 Å². The lowest BCUT2D eigenvalue weighted by Gasteiger charge is -2.32. The number of benzene rings is 1. The van der Waals surface area contributed by atoms with Crippen LogP contribution in [0, 0.1) is 5.92 Å². The Labute approximate surface area is 278 Å². The van der Waals surface area contributed by atoms with Crippen molar-refractivity contribution in [3.05, 3.63) is 65.0 Å². The van der Waals surface area contributed by atoms with Crippen LogP contribution in [0.4, 0.5) is 11.6 Å². The number of hydrogen-bond donors (Lipinski definition) is 3. The Morgan fingerprint density at radius 1 is 1.10 bits per heavy atom. The lowest BCUT2D eigenvalue weighted by molar-refractivity contribution is -0.0458. The van der Waals surface area contributed by atoms with Gasteiger partial charge in [-0.3, -0.25) is 14.3 Å². The van der Waals surface area contributed by atoms with Crippen molar-refractivity contribution in [2.24, 2.45) is 18.7 Å². The predicted octanol–water partition coefficient (Wildman–Crippen LogP) is 3.04. The standard InChI is InChI=1S/C33H41N7O7S/c1-3-48(43,44)38-23-6-7-28(26(16-23)27-19-39(2)32(42)30-25(27)8-11-35-30)47-20-29(21-4-5-21)46-15-14-45-24-9-12-40(13-10-24)33-36-17-22(18-37-33)31(34)41/h6-8,11,16-19,21,24,29,35,38H,3-5,9-10,12-15,20H2,1-2H3,(H2,34,41). The quantitative estimate of drug-likeness (QED) is 0.158. The topological polar surface area (TPSA) is 184 Å². The molecule has 1 atom stereocenters. The number of aryl methyl sites for hydroxylation is 1. The highest BCUT2D eigenvalue weighted by molar-refractivity contribution is 7.92. The van der Waals surface area contributed by atoms with E-state index < -0.39 is 15.9 Å². The van der Waals surface area contributed by atoms with Gasteiger partial charge in [-0.1, -0.05) is 0 Å². The van der Waals surface area contributed by atoms with Crippen LogP contribution in [0.3, 0.4) is 0 Å². The summed E-state index contributed by atoms with van der Waals surface area (Å²) in [5, 5.41) is 0.713. The fourth-order valence-electron chi connectivity index (χ4n) is 5.87. The van der Waals surface area contributed by atoms with Gasteiger partial charge in [0.15, 0.2) is 0 Å². The molecule has 6 rings (SSSR count). The van der Waals surface area contributed by atoms with E-state index >= 15 is 0 Å². The fraction of sp³-hybridized carbons (Fsp3) is 0.455. The number of amides is 1. The van der Waals surface area contributed by atoms with E-state index in [0.717, 1.165) is 44.3 Å². The van der Waals surface area contributed by atoms with Gasteiger partial charge in [0.1, 0.15) is 17.9 Å². The minimum Gasteiger partial charge on any atom is -0.490 e. The maximum Gasteiger partial charge on any atom is 0.274 e. The highest BCUT2D eigenvalue weighted by Crippen LogP contribution is 2.38. The van der Waals surface area contributed by atoms with Gasteiger partial charge < -0.3 is 34.4 Å². The molecule has 1 aliphatic heterocycles. The number of pyridine rings is 1. The molecule has 2 aliphatic rings. The van der Waals surface area contributed by atoms with E-state index in [9.17, 15) is 18.0 Å². The Morgan fingerprint density at radius 2 is 1.85 bits per heavy atom. The number of piperidine rings is 1. The molecule has 0 spiro atoms. The lowest BCUT2D eigenvalue weighted by atomic mass is 10.0. The number of carbonyl (C=O) groups is 1. The van der Waals surface area contributed by atoms with Gasteiger partial charge in [-0.15, -0.1) is 0 Å². The molecule has 1 saturated heterocycles. The number of aromatic amines is 1. The third kappa shape index (κ3) is 7.80. The van der Waals surface area contributed by atoms with Crippen molar-refractivity contribution in [1.29, 1.82) is 0 Å². The van der Waals surface area contributed by atoms with Crippen molar-refractivity contribution in [2.75, 3.05) is 48.3 Å². The first kappa shape index (κ1) is 33.4. The summed E-state index contributed by atoms with van der Waals surface area (Å²) >= 11 is 0. The molecule has 4 N–H and O–H groups in total. The maximum atomic E-state index is 12.7. The van der Waals surface area contributed by atoms with Gasteiger partial charge in [0, 0.05) is 67.1 Å². The molecule has 3 aromatic heterocycles. The van der Waals surface area contributed by atoms with Crippen LogP contribution in [0.15, 0.2) is 53.8 Å². The van der Waals surface area contributed by atoms with Gasteiger partial charge >= 0.3 is 0 Å². The molecule has 1 unspecified atom stereocenters. The average molecular weight is 680 g/mol. The number of ether oxygens (including phenoxy) is 3. The Balaban J connectivity index is 1.07. The Bertz CT molecular complexity index is 1910. The molecule has 1 aromatic carbocycles. The minimum atomic E-state index is -3.51. The number of fused-ring (bicyclic) bond motifs is 1. The van der Waals surface area contributed by atoms with E-state index in [1.54, 1.807) is 44.6 Å². The normalized spacial score (nSPS) is 16.2.